The molecule has 0 aliphatic carbocycles. The fourth-order valence-electron chi connectivity index (χ4n) is 1.60. The summed E-state index contributed by atoms with van der Waals surface area (Å²) < 4.78 is 5.06. The summed E-state index contributed by atoms with van der Waals surface area (Å²) >= 11 is 0. The largest absolute Gasteiger partial charge is 0.480 e. The van der Waals surface area contributed by atoms with Gasteiger partial charge in [0.25, 0.3) is 0 Å². The molecule has 1 aromatic carbocycles. The highest BCUT2D eigenvalue weighted by molar-refractivity contribution is 5.90. The average molecular weight is 213 g/mol. The number of methoxy groups -OCH3 is 1. The Hall–Kier alpha value is -2.16. The first-order chi connectivity index (χ1) is 7.86. The number of ether oxygens (including phenoxy) is 1. The molecule has 0 spiro atoms. The second kappa shape index (κ2) is 4.57. The molecule has 2 rings (SSSR count). The zero-order valence-corrected chi connectivity index (χ0v) is 8.88. The van der Waals surface area contributed by atoms with Crippen LogP contribution in [0.5, 0.6) is 5.88 Å². The molecule has 0 N–H and O–H groups in total. The molecular formula is C13H11NO2. The minimum absolute atomic E-state index is 0.358. The van der Waals surface area contributed by atoms with Crippen LogP contribution in [0.4, 0.5) is 0 Å². The molecule has 0 saturated carbocycles. The Morgan fingerprint density at radius 1 is 1.19 bits per heavy atom. The Labute approximate surface area is 93.7 Å². The van der Waals surface area contributed by atoms with Crippen LogP contribution in [0.2, 0.25) is 0 Å². The van der Waals surface area contributed by atoms with Crippen LogP contribution >= 0.6 is 0 Å². The van der Waals surface area contributed by atoms with E-state index in [1.54, 1.807) is 6.20 Å². The van der Waals surface area contributed by atoms with Gasteiger partial charge in [0.05, 0.1) is 12.7 Å². The molecule has 0 saturated heterocycles. The first-order valence-corrected chi connectivity index (χ1v) is 4.90. The molecule has 3 heteroatoms. The molecule has 0 unspecified atom stereocenters. The molecule has 2 aromatic rings. The molecule has 0 bridgehead atoms. The summed E-state index contributed by atoms with van der Waals surface area (Å²) in [5.41, 5.74) is 2.30. The number of rotatable bonds is 3. The predicted molar refractivity (Wildman–Crippen MR) is 61.6 cm³/mol. The third-order valence-corrected chi connectivity index (χ3v) is 2.35. The Balaban J connectivity index is 2.61. The van der Waals surface area contributed by atoms with Gasteiger partial charge in [-0.05, 0) is 17.2 Å². The Morgan fingerprint density at radius 3 is 2.56 bits per heavy atom. The van der Waals surface area contributed by atoms with Gasteiger partial charge < -0.3 is 4.74 Å². The lowest BCUT2D eigenvalue weighted by Crippen LogP contribution is -1.96. The van der Waals surface area contributed by atoms with Gasteiger partial charge in [-0.15, -0.1) is 0 Å². The van der Waals surface area contributed by atoms with Gasteiger partial charge >= 0.3 is 0 Å². The van der Waals surface area contributed by atoms with Crippen LogP contribution in [0.3, 0.4) is 0 Å². The van der Waals surface area contributed by atoms with Crippen LogP contribution in [-0.2, 0) is 0 Å². The predicted octanol–water partition coefficient (Wildman–Crippen LogP) is 2.57. The lowest BCUT2D eigenvalue weighted by Gasteiger charge is -2.07. The average Bonchev–Trinajstić information content (AvgIpc) is 2.38. The zero-order chi connectivity index (χ0) is 11.4. The molecule has 16 heavy (non-hydrogen) atoms. The van der Waals surface area contributed by atoms with Gasteiger partial charge in [-0.25, -0.2) is 4.98 Å². The van der Waals surface area contributed by atoms with Crippen molar-refractivity contribution >= 4 is 6.29 Å². The van der Waals surface area contributed by atoms with Crippen molar-refractivity contribution in [2.75, 3.05) is 7.11 Å². The molecule has 1 aromatic heterocycles. The fourth-order valence-corrected chi connectivity index (χ4v) is 1.60. The van der Waals surface area contributed by atoms with Gasteiger partial charge in [0.2, 0.25) is 5.88 Å². The van der Waals surface area contributed by atoms with Crippen LogP contribution in [0.25, 0.3) is 11.1 Å². The number of nitrogens with zero attached hydrogens (tertiary/aromatic N) is 1. The van der Waals surface area contributed by atoms with Gasteiger partial charge in [-0.3, -0.25) is 4.79 Å². The smallest absolute Gasteiger partial charge is 0.224 e. The first-order valence-electron chi connectivity index (χ1n) is 4.90. The Bertz CT molecular complexity index is 495. The van der Waals surface area contributed by atoms with Crippen molar-refractivity contribution < 1.29 is 9.53 Å². The van der Waals surface area contributed by atoms with Crippen LogP contribution in [-0.4, -0.2) is 18.4 Å². The number of aldehydes is 1. The minimum Gasteiger partial charge on any atom is -0.480 e. The highest BCUT2D eigenvalue weighted by Gasteiger charge is 2.10. The van der Waals surface area contributed by atoms with E-state index in [0.717, 1.165) is 17.4 Å². The second-order valence-electron chi connectivity index (χ2n) is 3.27. The van der Waals surface area contributed by atoms with E-state index in [1.807, 2.05) is 36.4 Å². The van der Waals surface area contributed by atoms with E-state index >= 15 is 0 Å². The molecule has 0 radical (unpaired) electrons. The lowest BCUT2D eigenvalue weighted by molar-refractivity contribution is 0.112. The quantitative estimate of drug-likeness (QED) is 0.735. The third kappa shape index (κ3) is 1.80. The van der Waals surface area contributed by atoms with E-state index in [2.05, 4.69) is 4.98 Å². The highest BCUT2D eigenvalue weighted by atomic mass is 16.5. The SMILES string of the molecule is COc1nccc(-c2ccccc2)c1C=O. The van der Waals surface area contributed by atoms with Crippen molar-refractivity contribution in [3.05, 3.63) is 48.2 Å². The van der Waals surface area contributed by atoms with Crippen LogP contribution in [0.15, 0.2) is 42.6 Å². The lowest BCUT2D eigenvalue weighted by atomic mass is 10.0. The van der Waals surface area contributed by atoms with Crippen LogP contribution in [0, 0.1) is 0 Å². The standard InChI is InChI=1S/C13H11NO2/c1-16-13-12(9-15)11(7-8-14-13)10-5-3-2-4-6-10/h2-9H,1H3. The zero-order valence-electron chi connectivity index (χ0n) is 8.88. The van der Waals surface area contributed by atoms with Gasteiger partial charge in [0, 0.05) is 6.20 Å². The number of hydrogen-bond acceptors (Lipinski definition) is 3. The van der Waals surface area contributed by atoms with Crippen molar-refractivity contribution in [2.24, 2.45) is 0 Å². The molecule has 0 fully saturated rings. The second-order valence-corrected chi connectivity index (χ2v) is 3.27. The third-order valence-electron chi connectivity index (χ3n) is 2.35. The molecule has 0 amide bonds. The van der Waals surface area contributed by atoms with Crippen molar-refractivity contribution in [1.82, 2.24) is 4.98 Å². The fraction of sp³-hybridized carbons (Fsp3) is 0.0769. The maximum absolute atomic E-state index is 11.1. The number of pyridine rings is 1. The van der Waals surface area contributed by atoms with E-state index in [1.165, 1.54) is 7.11 Å². The highest BCUT2D eigenvalue weighted by Crippen LogP contribution is 2.26. The van der Waals surface area contributed by atoms with E-state index in [0.29, 0.717) is 11.4 Å². The maximum atomic E-state index is 11.1. The number of carbonyl (C=O) groups is 1. The monoisotopic (exact) mass is 213 g/mol. The topological polar surface area (TPSA) is 39.2 Å². The molecule has 80 valence electrons. The van der Waals surface area contributed by atoms with Crippen molar-refractivity contribution in [3.63, 3.8) is 0 Å². The summed E-state index contributed by atoms with van der Waals surface area (Å²) in [6.45, 7) is 0. The summed E-state index contributed by atoms with van der Waals surface area (Å²) in [4.78, 5) is 15.1. The van der Waals surface area contributed by atoms with Gasteiger partial charge in [-0.1, -0.05) is 30.3 Å². The number of benzene rings is 1. The van der Waals surface area contributed by atoms with Crippen LogP contribution < -0.4 is 4.74 Å². The Morgan fingerprint density at radius 2 is 1.94 bits per heavy atom. The van der Waals surface area contributed by atoms with E-state index in [4.69, 9.17) is 4.74 Å². The molecule has 1 heterocycles. The van der Waals surface area contributed by atoms with Gasteiger partial charge in [0.1, 0.15) is 0 Å². The number of hydrogen-bond donors (Lipinski definition) is 0. The van der Waals surface area contributed by atoms with Crippen molar-refractivity contribution in [1.29, 1.82) is 0 Å². The minimum atomic E-state index is 0.358. The molecule has 0 aliphatic rings. The van der Waals surface area contributed by atoms with E-state index < -0.39 is 0 Å². The summed E-state index contributed by atoms with van der Waals surface area (Å²) in [6, 6.07) is 11.5. The molecule has 0 atom stereocenters. The first kappa shape index (κ1) is 10.4. The van der Waals surface area contributed by atoms with E-state index in [-0.39, 0.29) is 0 Å². The van der Waals surface area contributed by atoms with Gasteiger partial charge in [-0.2, -0.15) is 0 Å². The number of carbonyl (C=O) groups excluding carboxylic acids is 1. The Kier molecular flexibility index (Phi) is 2.96. The molecule has 0 aliphatic heterocycles. The van der Waals surface area contributed by atoms with Crippen molar-refractivity contribution in [3.8, 4) is 17.0 Å². The van der Waals surface area contributed by atoms with E-state index in [9.17, 15) is 4.79 Å². The summed E-state index contributed by atoms with van der Waals surface area (Å²) in [7, 11) is 1.50. The maximum Gasteiger partial charge on any atom is 0.224 e. The summed E-state index contributed by atoms with van der Waals surface area (Å²) in [5, 5.41) is 0. The molecular weight excluding hydrogens is 202 g/mol. The normalized spacial score (nSPS) is 9.81. The number of aromatic nitrogens is 1. The van der Waals surface area contributed by atoms with Crippen LogP contribution in [0.1, 0.15) is 10.4 Å². The van der Waals surface area contributed by atoms with Crippen molar-refractivity contribution in [2.45, 2.75) is 0 Å². The summed E-state index contributed by atoms with van der Waals surface area (Å²) in [6.07, 6.45) is 2.41. The van der Waals surface area contributed by atoms with Gasteiger partial charge in [0.15, 0.2) is 6.29 Å². The molecule has 3 nitrogen and oxygen atoms in total. The summed E-state index contributed by atoms with van der Waals surface area (Å²) in [5.74, 6) is 0.358.